The van der Waals surface area contributed by atoms with Crippen LogP contribution < -0.4 is 0 Å². The second kappa shape index (κ2) is 7.04. The predicted molar refractivity (Wildman–Crippen MR) is 72.4 cm³/mol. The smallest absolute Gasteiger partial charge is 0.333 e. The molecule has 1 saturated heterocycles. The van der Waals surface area contributed by atoms with Crippen molar-refractivity contribution in [2.45, 2.75) is 25.5 Å². The van der Waals surface area contributed by atoms with E-state index < -0.39 is 22.0 Å². The summed E-state index contributed by atoms with van der Waals surface area (Å²) in [5.41, 5.74) is 0. The second-order valence-corrected chi connectivity index (χ2v) is 6.22. The normalized spacial score (nSPS) is 25.8. The number of nitrogens with zero attached hydrogens (tertiary/aromatic N) is 1. The van der Waals surface area contributed by atoms with Gasteiger partial charge >= 0.3 is 5.97 Å². The molecule has 0 N–H and O–H groups in total. The van der Waals surface area contributed by atoms with Crippen LogP contribution in [0.15, 0.2) is 11.1 Å². The zero-order valence-electron chi connectivity index (χ0n) is 10.3. The lowest BCUT2D eigenvalue weighted by molar-refractivity contribution is -0.137. The quantitative estimate of drug-likeness (QED) is 0.429. The molecule has 0 aliphatic carbocycles. The van der Waals surface area contributed by atoms with E-state index in [-0.39, 0.29) is 17.5 Å². The van der Waals surface area contributed by atoms with Crippen LogP contribution in [0.25, 0.3) is 0 Å². The van der Waals surface area contributed by atoms with Gasteiger partial charge in [-0.1, -0.05) is 15.9 Å². The largest absolute Gasteiger partial charge is 0.463 e. The first-order valence-corrected chi connectivity index (χ1v) is 8.02. The van der Waals surface area contributed by atoms with E-state index in [9.17, 15) is 13.8 Å². The fourth-order valence-corrected chi connectivity index (χ4v) is 3.10. The number of amides is 1. The van der Waals surface area contributed by atoms with Crippen LogP contribution in [-0.4, -0.2) is 44.7 Å². The maximum atomic E-state index is 12.0. The van der Waals surface area contributed by atoms with Crippen molar-refractivity contribution >= 4 is 38.6 Å². The highest BCUT2D eigenvalue weighted by molar-refractivity contribution is 9.09. The number of halogens is 1. The van der Waals surface area contributed by atoms with Crippen LogP contribution in [0, 0.1) is 0 Å². The fraction of sp³-hybridized carbons (Fsp3) is 0.636. The molecular formula is C11H16BrNO4S. The minimum atomic E-state index is -1.47. The molecule has 2 atom stereocenters. The van der Waals surface area contributed by atoms with Crippen LogP contribution >= 0.6 is 15.9 Å². The van der Waals surface area contributed by atoms with Crippen molar-refractivity contribution in [3.05, 3.63) is 11.1 Å². The highest BCUT2D eigenvalue weighted by atomic mass is 79.9. The number of hydrogen-bond acceptors (Lipinski definition) is 4. The summed E-state index contributed by atoms with van der Waals surface area (Å²) in [6.07, 6.45) is 1.89. The summed E-state index contributed by atoms with van der Waals surface area (Å²) in [5.74, 6) is -0.767. The van der Waals surface area contributed by atoms with Gasteiger partial charge in [-0.25, -0.2) is 4.79 Å². The molecular weight excluding hydrogens is 322 g/mol. The molecule has 1 aliphatic rings. The highest BCUT2D eigenvalue weighted by Gasteiger charge is 2.39. The van der Waals surface area contributed by atoms with Gasteiger partial charge < -0.3 is 9.64 Å². The summed E-state index contributed by atoms with van der Waals surface area (Å²) in [7, 11) is -1.47. The Labute approximate surface area is 117 Å². The second-order valence-electron chi connectivity index (χ2n) is 3.71. The molecule has 5 nitrogen and oxygen atoms in total. The Balaban J connectivity index is 2.93. The summed E-state index contributed by atoms with van der Waals surface area (Å²) in [4.78, 5) is 24.7. The molecule has 1 heterocycles. The van der Waals surface area contributed by atoms with E-state index in [1.54, 1.807) is 13.8 Å². The molecule has 0 aromatic carbocycles. The van der Waals surface area contributed by atoms with Gasteiger partial charge in [0.25, 0.3) is 0 Å². The Morgan fingerprint density at radius 1 is 1.61 bits per heavy atom. The van der Waals surface area contributed by atoms with Crippen LogP contribution in [0.3, 0.4) is 0 Å². The Kier molecular flexibility index (Phi) is 6.01. The standard InChI is InChI=1S/C11H16BrNO4S/c1-3-17-10(14)7-9-13(6-4-5-12)11(15)8(2)18(9)16/h7-8H,3-6H2,1-2H3/b9-7-/t8-,18?/m0/s1. The number of ether oxygens (including phenoxy) is 1. The van der Waals surface area contributed by atoms with Crippen LogP contribution in [-0.2, 0) is 25.1 Å². The summed E-state index contributed by atoms with van der Waals surface area (Å²) < 4.78 is 16.8. The van der Waals surface area contributed by atoms with E-state index >= 15 is 0 Å². The van der Waals surface area contributed by atoms with Crippen LogP contribution in [0.2, 0.25) is 0 Å². The zero-order chi connectivity index (χ0) is 13.7. The van der Waals surface area contributed by atoms with Gasteiger partial charge in [0.15, 0.2) is 0 Å². The van der Waals surface area contributed by atoms with Crippen molar-refractivity contribution in [1.82, 2.24) is 4.90 Å². The lowest BCUT2D eigenvalue weighted by Crippen LogP contribution is -2.29. The minimum absolute atomic E-state index is 0.204. The van der Waals surface area contributed by atoms with Gasteiger partial charge in [0.05, 0.1) is 23.5 Å². The van der Waals surface area contributed by atoms with Gasteiger partial charge in [-0.05, 0) is 20.3 Å². The number of esters is 1. The number of rotatable bonds is 5. The SMILES string of the molecule is CCOC(=O)/C=C1/N(CCCBr)C(=O)[C@H](C)S1=O. The van der Waals surface area contributed by atoms with Crippen LogP contribution in [0.4, 0.5) is 0 Å². The first-order valence-electron chi connectivity index (χ1n) is 5.69. The Hall–Kier alpha value is -0.690. The molecule has 0 aromatic rings. The van der Waals surface area contributed by atoms with E-state index in [1.165, 1.54) is 4.90 Å². The molecule has 1 amide bonds. The topological polar surface area (TPSA) is 63.7 Å². The first kappa shape index (κ1) is 15.4. The van der Waals surface area contributed by atoms with Crippen LogP contribution in [0.1, 0.15) is 20.3 Å². The molecule has 1 aliphatic heterocycles. The molecule has 18 heavy (non-hydrogen) atoms. The first-order chi connectivity index (χ1) is 8.52. The van der Waals surface area contributed by atoms with E-state index in [2.05, 4.69) is 15.9 Å². The Morgan fingerprint density at radius 3 is 2.83 bits per heavy atom. The van der Waals surface area contributed by atoms with E-state index in [4.69, 9.17) is 4.74 Å². The zero-order valence-corrected chi connectivity index (χ0v) is 12.8. The molecule has 0 radical (unpaired) electrons. The summed E-state index contributed by atoms with van der Waals surface area (Å²) >= 11 is 3.28. The van der Waals surface area contributed by atoms with Gasteiger partial charge in [-0.3, -0.25) is 9.00 Å². The molecule has 1 fully saturated rings. The van der Waals surface area contributed by atoms with Crippen molar-refractivity contribution < 1.29 is 18.5 Å². The number of carbonyl (C=O) groups is 2. The van der Waals surface area contributed by atoms with Gasteiger partial charge in [-0.2, -0.15) is 0 Å². The van der Waals surface area contributed by atoms with Crippen molar-refractivity contribution in [2.75, 3.05) is 18.5 Å². The van der Waals surface area contributed by atoms with Crippen molar-refractivity contribution in [3.8, 4) is 0 Å². The van der Waals surface area contributed by atoms with E-state index in [0.29, 0.717) is 6.54 Å². The molecule has 1 unspecified atom stereocenters. The van der Waals surface area contributed by atoms with Crippen molar-refractivity contribution in [3.63, 3.8) is 0 Å². The third kappa shape index (κ3) is 3.41. The minimum Gasteiger partial charge on any atom is -0.463 e. The average Bonchev–Trinajstić information content (AvgIpc) is 2.53. The van der Waals surface area contributed by atoms with Gasteiger partial charge in [0.1, 0.15) is 10.3 Å². The number of alkyl halides is 1. The Morgan fingerprint density at radius 2 is 2.28 bits per heavy atom. The lowest BCUT2D eigenvalue weighted by atomic mass is 10.3. The summed E-state index contributed by atoms with van der Waals surface area (Å²) in [6, 6.07) is 0. The lowest BCUT2D eigenvalue weighted by Gasteiger charge is -2.15. The maximum Gasteiger partial charge on any atom is 0.333 e. The van der Waals surface area contributed by atoms with E-state index in [1.807, 2.05) is 0 Å². The van der Waals surface area contributed by atoms with Gasteiger partial charge in [0, 0.05) is 11.9 Å². The van der Waals surface area contributed by atoms with Gasteiger partial charge in [0.2, 0.25) is 5.91 Å². The fourth-order valence-electron chi connectivity index (χ4n) is 1.57. The molecule has 0 spiro atoms. The predicted octanol–water partition coefficient (Wildman–Crippen LogP) is 1.16. The molecule has 102 valence electrons. The summed E-state index contributed by atoms with van der Waals surface area (Å²) in [6.45, 7) is 4.00. The Bertz CT molecular complexity index is 397. The number of carbonyl (C=O) groups excluding carboxylic acids is 2. The van der Waals surface area contributed by atoms with Crippen LogP contribution in [0.5, 0.6) is 0 Å². The van der Waals surface area contributed by atoms with Crippen molar-refractivity contribution in [2.24, 2.45) is 0 Å². The molecule has 0 bridgehead atoms. The summed E-state index contributed by atoms with van der Waals surface area (Å²) in [5, 5.41) is 0.401. The molecule has 1 rings (SSSR count). The highest BCUT2D eigenvalue weighted by Crippen LogP contribution is 2.25. The van der Waals surface area contributed by atoms with Crippen molar-refractivity contribution in [1.29, 1.82) is 0 Å². The van der Waals surface area contributed by atoms with E-state index in [0.717, 1.165) is 17.8 Å². The molecule has 7 heteroatoms. The monoisotopic (exact) mass is 337 g/mol. The third-order valence-corrected chi connectivity index (χ3v) is 4.61. The maximum absolute atomic E-state index is 12.0. The van der Waals surface area contributed by atoms with Gasteiger partial charge in [-0.15, -0.1) is 0 Å². The average molecular weight is 338 g/mol. The molecule has 0 saturated carbocycles. The third-order valence-electron chi connectivity index (χ3n) is 2.45. The molecule has 0 aromatic heterocycles. The number of hydrogen-bond donors (Lipinski definition) is 0.